The number of benzene rings is 1. The first-order valence-electron chi connectivity index (χ1n) is 6.81. The van der Waals surface area contributed by atoms with Gasteiger partial charge in [-0.15, -0.1) is 0 Å². The molecule has 1 fully saturated rings. The first-order valence-corrected chi connectivity index (χ1v) is 7.80. The van der Waals surface area contributed by atoms with Gasteiger partial charge >= 0.3 is 0 Å². The average Bonchev–Trinajstić information content (AvgIpc) is 3.02. The maximum absolute atomic E-state index is 12.2. The van der Waals surface area contributed by atoms with E-state index < -0.39 is 0 Å². The third-order valence-electron chi connectivity index (χ3n) is 3.51. The monoisotopic (exact) mass is 318 g/mol. The van der Waals surface area contributed by atoms with E-state index in [0.717, 1.165) is 27.6 Å². The zero-order valence-electron chi connectivity index (χ0n) is 11.9. The Kier molecular flexibility index (Phi) is 3.89. The summed E-state index contributed by atoms with van der Waals surface area (Å²) < 4.78 is 5.56. The molecule has 1 N–H and O–H groups in total. The van der Waals surface area contributed by atoms with Crippen LogP contribution in [0.4, 0.5) is 4.79 Å². The van der Waals surface area contributed by atoms with Crippen LogP contribution in [-0.4, -0.2) is 40.8 Å². The lowest BCUT2D eigenvalue weighted by Gasteiger charge is -2.12. The second-order valence-electron chi connectivity index (χ2n) is 4.91. The highest BCUT2D eigenvalue weighted by atomic mass is 32.2. The Morgan fingerprint density at radius 3 is 2.82 bits per heavy atom. The second kappa shape index (κ2) is 5.84. The predicted octanol–water partition coefficient (Wildman–Crippen LogP) is 2.17. The Hall–Kier alpha value is -2.28. The van der Waals surface area contributed by atoms with E-state index in [1.807, 2.05) is 25.1 Å². The highest BCUT2D eigenvalue weighted by molar-refractivity contribution is 8.14. The molecular formula is C15H14N2O4S. The van der Waals surface area contributed by atoms with E-state index in [2.05, 4.69) is 5.32 Å². The van der Waals surface area contributed by atoms with Crippen LogP contribution in [0, 0.1) is 6.92 Å². The molecule has 0 atom stereocenters. The van der Waals surface area contributed by atoms with Crippen LogP contribution in [-0.2, 0) is 4.79 Å². The summed E-state index contributed by atoms with van der Waals surface area (Å²) in [7, 11) is 0. The normalized spacial score (nSPS) is 14.9. The molecule has 114 valence electrons. The molecule has 0 aliphatic carbocycles. The van der Waals surface area contributed by atoms with Crippen molar-refractivity contribution in [3.8, 4) is 0 Å². The summed E-state index contributed by atoms with van der Waals surface area (Å²) in [6, 6.07) is 7.42. The van der Waals surface area contributed by atoms with Gasteiger partial charge in [-0.1, -0.05) is 30.0 Å². The van der Waals surface area contributed by atoms with E-state index in [0.29, 0.717) is 5.58 Å². The standard InChI is InChI=1S/C15H14N2O4S/c1-9-10-4-2-3-5-11(10)21-13(9)14(19)16-6-7-17-12(18)8-22-15(17)20/h2-5H,6-8H2,1H3,(H,16,19). The molecule has 3 rings (SSSR count). The van der Waals surface area contributed by atoms with E-state index >= 15 is 0 Å². The van der Waals surface area contributed by atoms with Crippen LogP contribution in [0.25, 0.3) is 11.0 Å². The SMILES string of the molecule is Cc1c(C(=O)NCCN2C(=O)CSC2=O)oc2ccccc12. The van der Waals surface area contributed by atoms with Crippen molar-refractivity contribution in [1.29, 1.82) is 0 Å². The number of furan rings is 1. The number of amides is 3. The zero-order chi connectivity index (χ0) is 15.7. The topological polar surface area (TPSA) is 79.6 Å². The number of carbonyl (C=O) groups excluding carboxylic acids is 3. The Morgan fingerprint density at radius 1 is 1.36 bits per heavy atom. The fourth-order valence-electron chi connectivity index (χ4n) is 2.35. The Labute approximate surface area is 130 Å². The summed E-state index contributed by atoms with van der Waals surface area (Å²) in [6.07, 6.45) is 0. The number of nitrogens with one attached hydrogen (secondary N) is 1. The van der Waals surface area contributed by atoms with Gasteiger partial charge in [0.25, 0.3) is 11.1 Å². The number of hydrogen-bond donors (Lipinski definition) is 1. The number of carbonyl (C=O) groups is 3. The van der Waals surface area contributed by atoms with Crippen molar-refractivity contribution < 1.29 is 18.8 Å². The number of imide groups is 1. The van der Waals surface area contributed by atoms with Gasteiger partial charge in [-0.3, -0.25) is 19.3 Å². The van der Waals surface area contributed by atoms with Crippen molar-refractivity contribution in [2.45, 2.75) is 6.92 Å². The van der Waals surface area contributed by atoms with Crippen LogP contribution in [0.5, 0.6) is 0 Å². The fraction of sp³-hybridized carbons (Fsp3) is 0.267. The lowest BCUT2D eigenvalue weighted by molar-refractivity contribution is -0.124. The minimum absolute atomic E-state index is 0.176. The molecule has 7 heteroatoms. The van der Waals surface area contributed by atoms with Crippen LogP contribution >= 0.6 is 11.8 Å². The number of para-hydroxylation sites is 1. The van der Waals surface area contributed by atoms with Gasteiger partial charge < -0.3 is 9.73 Å². The molecule has 22 heavy (non-hydrogen) atoms. The van der Waals surface area contributed by atoms with Crippen molar-refractivity contribution in [3.63, 3.8) is 0 Å². The molecular weight excluding hydrogens is 304 g/mol. The zero-order valence-corrected chi connectivity index (χ0v) is 12.7. The lowest BCUT2D eigenvalue weighted by atomic mass is 10.1. The molecule has 1 aromatic heterocycles. The molecule has 0 spiro atoms. The predicted molar refractivity (Wildman–Crippen MR) is 82.9 cm³/mol. The Balaban J connectivity index is 1.65. The van der Waals surface area contributed by atoms with Crippen molar-refractivity contribution in [3.05, 3.63) is 35.6 Å². The minimum atomic E-state index is -0.347. The van der Waals surface area contributed by atoms with E-state index in [9.17, 15) is 14.4 Å². The number of rotatable bonds is 4. The number of nitrogens with zero attached hydrogens (tertiary/aromatic N) is 1. The smallest absolute Gasteiger partial charge is 0.288 e. The van der Waals surface area contributed by atoms with E-state index in [4.69, 9.17) is 4.42 Å². The van der Waals surface area contributed by atoms with Crippen LogP contribution in [0.15, 0.2) is 28.7 Å². The summed E-state index contributed by atoms with van der Waals surface area (Å²) in [5, 5.41) is 3.31. The maximum Gasteiger partial charge on any atom is 0.288 e. The molecule has 2 heterocycles. The molecule has 2 aromatic rings. The van der Waals surface area contributed by atoms with Gasteiger partial charge in [0.2, 0.25) is 5.91 Å². The van der Waals surface area contributed by atoms with Gasteiger partial charge in [-0.25, -0.2) is 0 Å². The molecule has 0 radical (unpaired) electrons. The highest BCUT2D eigenvalue weighted by Crippen LogP contribution is 2.24. The van der Waals surface area contributed by atoms with Gasteiger partial charge in [0.15, 0.2) is 5.76 Å². The molecule has 0 saturated carbocycles. The second-order valence-corrected chi connectivity index (χ2v) is 5.83. The van der Waals surface area contributed by atoms with E-state index in [1.54, 1.807) is 6.07 Å². The van der Waals surface area contributed by atoms with E-state index in [-0.39, 0.29) is 41.7 Å². The third kappa shape index (κ3) is 2.59. The highest BCUT2D eigenvalue weighted by Gasteiger charge is 2.29. The van der Waals surface area contributed by atoms with Gasteiger partial charge in [0, 0.05) is 24.0 Å². The van der Waals surface area contributed by atoms with Crippen LogP contribution in [0.1, 0.15) is 16.1 Å². The number of fused-ring (bicyclic) bond motifs is 1. The number of aryl methyl sites for hydroxylation is 1. The van der Waals surface area contributed by atoms with Crippen molar-refractivity contribution >= 4 is 39.8 Å². The molecule has 1 aliphatic heterocycles. The van der Waals surface area contributed by atoms with Gasteiger partial charge in [-0.05, 0) is 13.0 Å². The molecule has 1 aliphatic rings. The fourth-order valence-corrected chi connectivity index (χ4v) is 3.10. The van der Waals surface area contributed by atoms with Gasteiger partial charge in [0.05, 0.1) is 5.75 Å². The van der Waals surface area contributed by atoms with Crippen molar-refractivity contribution in [1.82, 2.24) is 10.2 Å². The average molecular weight is 318 g/mol. The summed E-state index contributed by atoms with van der Waals surface area (Å²) in [5.74, 6) is -0.130. The van der Waals surface area contributed by atoms with Crippen LogP contribution < -0.4 is 5.32 Å². The van der Waals surface area contributed by atoms with Crippen molar-refractivity contribution in [2.24, 2.45) is 0 Å². The molecule has 6 nitrogen and oxygen atoms in total. The largest absolute Gasteiger partial charge is 0.451 e. The summed E-state index contributed by atoms with van der Waals surface area (Å²) >= 11 is 0.980. The first-order chi connectivity index (χ1) is 10.6. The number of hydrogen-bond acceptors (Lipinski definition) is 5. The molecule has 0 unspecified atom stereocenters. The molecule has 1 saturated heterocycles. The molecule has 0 bridgehead atoms. The van der Waals surface area contributed by atoms with Crippen LogP contribution in [0.3, 0.4) is 0 Å². The molecule has 3 amide bonds. The van der Waals surface area contributed by atoms with Crippen molar-refractivity contribution in [2.75, 3.05) is 18.8 Å². The first kappa shape index (κ1) is 14.6. The van der Waals surface area contributed by atoms with E-state index in [1.165, 1.54) is 0 Å². The molecule has 1 aromatic carbocycles. The summed E-state index contributed by atoms with van der Waals surface area (Å²) in [6.45, 7) is 2.20. The minimum Gasteiger partial charge on any atom is -0.451 e. The van der Waals surface area contributed by atoms with Gasteiger partial charge in [-0.2, -0.15) is 0 Å². The third-order valence-corrected chi connectivity index (χ3v) is 4.37. The number of thioether (sulfide) groups is 1. The Bertz CT molecular complexity index is 752. The summed E-state index contributed by atoms with van der Waals surface area (Å²) in [4.78, 5) is 36.2. The van der Waals surface area contributed by atoms with Crippen LogP contribution in [0.2, 0.25) is 0 Å². The maximum atomic E-state index is 12.2. The Morgan fingerprint density at radius 2 is 2.14 bits per heavy atom. The summed E-state index contributed by atoms with van der Waals surface area (Å²) in [5.41, 5.74) is 1.43. The quantitative estimate of drug-likeness (QED) is 0.934. The lowest BCUT2D eigenvalue weighted by Crippen LogP contribution is -2.37. The van der Waals surface area contributed by atoms with Gasteiger partial charge in [0.1, 0.15) is 5.58 Å².